The molecule has 0 aliphatic heterocycles. The summed E-state index contributed by atoms with van der Waals surface area (Å²) in [6.45, 7) is 4.18. The summed E-state index contributed by atoms with van der Waals surface area (Å²) in [5.41, 5.74) is 6.87. The Bertz CT molecular complexity index is 363. The standard InChI is InChI=1S/C14H22N2O/c1-14(2,17)13-6-5-11(9-16-13)12(8-15)7-10-3-4-10/h5-6,9-10,12,17H,3-4,7-8,15H2,1-2H3/t12-/m0/s1. The highest BCUT2D eigenvalue weighted by Gasteiger charge is 2.26. The van der Waals surface area contributed by atoms with E-state index in [1.54, 1.807) is 13.8 Å². The van der Waals surface area contributed by atoms with Crippen molar-refractivity contribution in [2.24, 2.45) is 11.7 Å². The van der Waals surface area contributed by atoms with Gasteiger partial charge >= 0.3 is 0 Å². The van der Waals surface area contributed by atoms with Gasteiger partial charge in [0.05, 0.1) is 5.69 Å². The van der Waals surface area contributed by atoms with E-state index in [1.165, 1.54) is 24.8 Å². The van der Waals surface area contributed by atoms with E-state index >= 15 is 0 Å². The zero-order valence-corrected chi connectivity index (χ0v) is 10.7. The number of aromatic nitrogens is 1. The quantitative estimate of drug-likeness (QED) is 0.820. The zero-order valence-electron chi connectivity index (χ0n) is 10.7. The van der Waals surface area contributed by atoms with Gasteiger partial charge in [0.15, 0.2) is 0 Å². The molecule has 1 aromatic heterocycles. The van der Waals surface area contributed by atoms with Crippen molar-refractivity contribution < 1.29 is 5.11 Å². The lowest BCUT2D eigenvalue weighted by Crippen LogP contribution is -2.18. The Morgan fingerprint density at radius 3 is 2.59 bits per heavy atom. The van der Waals surface area contributed by atoms with Crippen molar-refractivity contribution in [1.82, 2.24) is 4.98 Å². The molecule has 1 aliphatic rings. The second-order valence-corrected chi connectivity index (χ2v) is 5.65. The molecular formula is C14H22N2O. The Kier molecular flexibility index (Phi) is 3.50. The van der Waals surface area contributed by atoms with Crippen LogP contribution in [0.25, 0.3) is 0 Å². The number of nitrogens with two attached hydrogens (primary N) is 1. The molecule has 1 saturated carbocycles. The van der Waals surface area contributed by atoms with E-state index in [9.17, 15) is 5.11 Å². The fourth-order valence-electron chi connectivity index (χ4n) is 2.13. The first-order valence-electron chi connectivity index (χ1n) is 6.39. The summed E-state index contributed by atoms with van der Waals surface area (Å²) in [5, 5.41) is 9.84. The van der Waals surface area contributed by atoms with Crippen LogP contribution in [0.5, 0.6) is 0 Å². The summed E-state index contributed by atoms with van der Waals surface area (Å²) >= 11 is 0. The largest absolute Gasteiger partial charge is 0.384 e. The molecule has 3 nitrogen and oxygen atoms in total. The minimum Gasteiger partial charge on any atom is -0.384 e. The summed E-state index contributed by atoms with van der Waals surface area (Å²) in [6, 6.07) is 3.96. The van der Waals surface area contributed by atoms with Gasteiger partial charge in [-0.15, -0.1) is 0 Å². The van der Waals surface area contributed by atoms with E-state index in [0.29, 0.717) is 18.2 Å². The highest BCUT2D eigenvalue weighted by atomic mass is 16.3. The molecule has 0 amide bonds. The normalized spacial score (nSPS) is 18.1. The predicted molar refractivity (Wildman–Crippen MR) is 68.6 cm³/mol. The van der Waals surface area contributed by atoms with Crippen LogP contribution in [-0.2, 0) is 5.60 Å². The molecule has 2 rings (SSSR count). The van der Waals surface area contributed by atoms with Crippen LogP contribution in [0.1, 0.15) is 50.3 Å². The van der Waals surface area contributed by atoms with Gasteiger partial charge in [-0.05, 0) is 50.3 Å². The minimum absolute atomic E-state index is 0.422. The number of hydrogen-bond donors (Lipinski definition) is 2. The van der Waals surface area contributed by atoms with Gasteiger partial charge in [0.2, 0.25) is 0 Å². The Balaban J connectivity index is 2.09. The number of hydrogen-bond acceptors (Lipinski definition) is 3. The van der Waals surface area contributed by atoms with Gasteiger partial charge in [0.25, 0.3) is 0 Å². The lowest BCUT2D eigenvalue weighted by atomic mass is 9.94. The average molecular weight is 234 g/mol. The van der Waals surface area contributed by atoms with Crippen LogP contribution in [-0.4, -0.2) is 16.6 Å². The molecule has 1 fully saturated rings. The van der Waals surface area contributed by atoms with Crippen LogP contribution in [0.2, 0.25) is 0 Å². The van der Waals surface area contributed by atoms with Crippen molar-refractivity contribution in [3.8, 4) is 0 Å². The van der Waals surface area contributed by atoms with Crippen molar-refractivity contribution in [3.63, 3.8) is 0 Å². The smallest absolute Gasteiger partial charge is 0.101 e. The van der Waals surface area contributed by atoms with Crippen LogP contribution >= 0.6 is 0 Å². The molecule has 0 unspecified atom stereocenters. The molecule has 3 heteroatoms. The fourth-order valence-corrected chi connectivity index (χ4v) is 2.13. The van der Waals surface area contributed by atoms with Crippen LogP contribution < -0.4 is 5.73 Å². The first-order chi connectivity index (χ1) is 8.00. The van der Waals surface area contributed by atoms with Crippen molar-refractivity contribution in [3.05, 3.63) is 29.6 Å². The van der Waals surface area contributed by atoms with Gasteiger partial charge in [-0.2, -0.15) is 0 Å². The molecule has 3 N–H and O–H groups in total. The molecule has 0 spiro atoms. The molecule has 0 bridgehead atoms. The molecule has 1 aliphatic carbocycles. The third-order valence-corrected chi connectivity index (χ3v) is 3.48. The molecule has 0 aromatic carbocycles. The molecule has 1 heterocycles. The Hall–Kier alpha value is -0.930. The summed E-state index contributed by atoms with van der Waals surface area (Å²) in [5.74, 6) is 1.29. The van der Waals surface area contributed by atoms with Gasteiger partial charge in [0.1, 0.15) is 5.60 Å². The third kappa shape index (κ3) is 3.27. The molecule has 94 valence electrons. The highest BCUT2D eigenvalue weighted by molar-refractivity contribution is 5.21. The minimum atomic E-state index is -0.868. The Morgan fingerprint density at radius 2 is 2.18 bits per heavy atom. The van der Waals surface area contributed by atoms with Gasteiger partial charge in [-0.1, -0.05) is 18.9 Å². The second-order valence-electron chi connectivity index (χ2n) is 5.65. The van der Waals surface area contributed by atoms with Crippen LogP contribution in [0, 0.1) is 5.92 Å². The summed E-state index contributed by atoms with van der Waals surface area (Å²) in [4.78, 5) is 4.34. The molecule has 1 atom stereocenters. The first-order valence-corrected chi connectivity index (χ1v) is 6.39. The highest BCUT2D eigenvalue weighted by Crippen LogP contribution is 2.38. The van der Waals surface area contributed by atoms with Gasteiger partial charge in [-0.25, -0.2) is 0 Å². The summed E-state index contributed by atoms with van der Waals surface area (Å²) in [6.07, 6.45) is 5.75. The number of rotatable bonds is 5. The first kappa shape index (κ1) is 12.5. The summed E-state index contributed by atoms with van der Waals surface area (Å²) < 4.78 is 0. The van der Waals surface area contributed by atoms with Crippen LogP contribution in [0.3, 0.4) is 0 Å². The van der Waals surface area contributed by atoms with E-state index in [4.69, 9.17) is 5.73 Å². The van der Waals surface area contributed by atoms with E-state index in [2.05, 4.69) is 11.1 Å². The van der Waals surface area contributed by atoms with E-state index < -0.39 is 5.60 Å². The maximum absolute atomic E-state index is 9.84. The Morgan fingerprint density at radius 1 is 1.47 bits per heavy atom. The maximum atomic E-state index is 9.84. The maximum Gasteiger partial charge on any atom is 0.101 e. The summed E-state index contributed by atoms with van der Waals surface area (Å²) in [7, 11) is 0. The molecule has 0 radical (unpaired) electrons. The average Bonchev–Trinajstić information content (AvgIpc) is 3.09. The number of nitrogens with zero attached hydrogens (tertiary/aromatic N) is 1. The molecule has 1 aromatic rings. The van der Waals surface area contributed by atoms with Crippen molar-refractivity contribution in [2.75, 3.05) is 6.54 Å². The monoisotopic (exact) mass is 234 g/mol. The van der Waals surface area contributed by atoms with E-state index in [1.807, 2.05) is 12.3 Å². The topological polar surface area (TPSA) is 59.1 Å². The molecular weight excluding hydrogens is 212 g/mol. The van der Waals surface area contributed by atoms with Crippen LogP contribution in [0.15, 0.2) is 18.3 Å². The van der Waals surface area contributed by atoms with Gasteiger partial charge in [0, 0.05) is 6.20 Å². The lowest BCUT2D eigenvalue weighted by molar-refractivity contribution is 0.0738. The molecule has 0 saturated heterocycles. The predicted octanol–water partition coefficient (Wildman–Crippen LogP) is 2.15. The fraction of sp³-hybridized carbons (Fsp3) is 0.643. The SMILES string of the molecule is CC(C)(O)c1ccc([C@H](CN)CC2CC2)cn1. The molecule has 17 heavy (non-hydrogen) atoms. The third-order valence-electron chi connectivity index (χ3n) is 3.48. The van der Waals surface area contributed by atoms with E-state index in [-0.39, 0.29) is 0 Å². The van der Waals surface area contributed by atoms with Gasteiger partial charge < -0.3 is 10.8 Å². The van der Waals surface area contributed by atoms with Crippen molar-refractivity contribution >= 4 is 0 Å². The number of aliphatic hydroxyl groups is 1. The second kappa shape index (κ2) is 4.75. The number of pyridine rings is 1. The van der Waals surface area contributed by atoms with E-state index in [0.717, 1.165) is 5.92 Å². The Labute approximate surface area is 103 Å². The van der Waals surface area contributed by atoms with Crippen molar-refractivity contribution in [2.45, 2.75) is 44.6 Å². The van der Waals surface area contributed by atoms with Gasteiger partial charge in [-0.3, -0.25) is 4.98 Å². The lowest BCUT2D eigenvalue weighted by Gasteiger charge is -2.19. The van der Waals surface area contributed by atoms with Crippen molar-refractivity contribution in [1.29, 1.82) is 0 Å². The van der Waals surface area contributed by atoms with Crippen LogP contribution in [0.4, 0.5) is 0 Å². The zero-order chi connectivity index (χ0) is 12.5.